The van der Waals surface area contributed by atoms with Crippen LogP contribution in [0, 0.1) is 0 Å². The Labute approximate surface area is 177 Å². The van der Waals surface area contributed by atoms with Crippen molar-refractivity contribution in [3.05, 3.63) is 72.3 Å². The van der Waals surface area contributed by atoms with Crippen molar-refractivity contribution in [1.82, 2.24) is 4.72 Å². The van der Waals surface area contributed by atoms with Crippen LogP contribution < -0.4 is 15.8 Å². The van der Waals surface area contributed by atoms with Crippen LogP contribution in [0.25, 0.3) is 10.8 Å². The number of rotatable bonds is 7. The fraction of sp³-hybridized carbons (Fsp3) is 0.190. The zero-order chi connectivity index (χ0) is 20.1. The molecule has 6 nitrogen and oxygen atoms in total. The van der Waals surface area contributed by atoms with Gasteiger partial charge in [-0.05, 0) is 24.1 Å². The lowest BCUT2D eigenvalue weighted by atomic mass is 10.1. The molecular weight excluding hydrogens is 410 g/mol. The van der Waals surface area contributed by atoms with Crippen LogP contribution in [0.4, 0.5) is 5.69 Å². The fourth-order valence-electron chi connectivity index (χ4n) is 3.08. The highest BCUT2D eigenvalue weighted by atomic mass is 35.5. The Morgan fingerprint density at radius 1 is 0.966 bits per heavy atom. The van der Waals surface area contributed by atoms with Crippen molar-refractivity contribution < 1.29 is 13.2 Å². The second kappa shape index (κ2) is 9.84. The van der Waals surface area contributed by atoms with E-state index < -0.39 is 16.1 Å². The topological polar surface area (TPSA) is 101 Å². The van der Waals surface area contributed by atoms with Crippen LogP contribution in [0.1, 0.15) is 12.5 Å². The number of carbonyl (C=O) groups excluding carboxylic acids is 1. The number of halogens is 1. The van der Waals surface area contributed by atoms with Crippen LogP contribution >= 0.6 is 12.4 Å². The molecule has 0 aliphatic rings. The first-order chi connectivity index (χ1) is 13.4. The lowest BCUT2D eigenvalue weighted by Gasteiger charge is -2.15. The van der Waals surface area contributed by atoms with Crippen molar-refractivity contribution in [2.45, 2.75) is 24.3 Å². The molecule has 0 aromatic heterocycles. The Balaban J connectivity index is 0.00000300. The molecule has 0 unspecified atom stereocenters. The molecule has 0 radical (unpaired) electrons. The minimum absolute atomic E-state index is 0. The summed E-state index contributed by atoms with van der Waals surface area (Å²) in [5.41, 5.74) is 7.56. The number of nitrogens with one attached hydrogen (secondary N) is 2. The molecular formula is C21H24ClN3O3S. The highest BCUT2D eigenvalue weighted by Crippen LogP contribution is 2.28. The first-order valence-corrected chi connectivity index (χ1v) is 10.5. The van der Waals surface area contributed by atoms with E-state index in [0.717, 1.165) is 5.56 Å². The lowest BCUT2D eigenvalue weighted by Crippen LogP contribution is -2.37. The second-order valence-electron chi connectivity index (χ2n) is 6.44. The molecule has 0 saturated carbocycles. The van der Waals surface area contributed by atoms with Crippen molar-refractivity contribution in [2.24, 2.45) is 5.73 Å². The van der Waals surface area contributed by atoms with Crippen LogP contribution in [0.2, 0.25) is 0 Å². The first-order valence-electron chi connectivity index (χ1n) is 9.04. The van der Waals surface area contributed by atoms with Gasteiger partial charge < -0.3 is 11.1 Å². The van der Waals surface area contributed by atoms with Crippen molar-refractivity contribution in [3.8, 4) is 0 Å². The van der Waals surface area contributed by atoms with Crippen molar-refractivity contribution in [1.29, 1.82) is 0 Å². The largest absolute Gasteiger partial charge is 0.324 e. The van der Waals surface area contributed by atoms with Gasteiger partial charge in [0, 0.05) is 23.0 Å². The van der Waals surface area contributed by atoms with Gasteiger partial charge in [0.2, 0.25) is 15.9 Å². The number of sulfonamides is 1. The van der Waals surface area contributed by atoms with E-state index in [1.54, 1.807) is 43.3 Å². The van der Waals surface area contributed by atoms with Gasteiger partial charge in [-0.3, -0.25) is 4.79 Å². The van der Waals surface area contributed by atoms with Gasteiger partial charge in [0.05, 0.1) is 10.9 Å². The van der Waals surface area contributed by atoms with E-state index in [4.69, 9.17) is 5.73 Å². The maximum atomic E-state index is 12.6. The number of hydrogen-bond acceptors (Lipinski definition) is 4. The van der Waals surface area contributed by atoms with Gasteiger partial charge in [-0.1, -0.05) is 61.5 Å². The number of carbonyl (C=O) groups is 1. The number of anilines is 1. The maximum absolute atomic E-state index is 12.6. The third kappa shape index (κ3) is 5.33. The van der Waals surface area contributed by atoms with Crippen LogP contribution in [0.5, 0.6) is 0 Å². The molecule has 0 saturated heterocycles. The molecule has 3 aromatic rings. The predicted octanol–water partition coefficient (Wildman–Crippen LogP) is 3.07. The van der Waals surface area contributed by atoms with Gasteiger partial charge in [-0.15, -0.1) is 12.4 Å². The molecule has 3 aromatic carbocycles. The van der Waals surface area contributed by atoms with Crippen LogP contribution in [0.3, 0.4) is 0 Å². The van der Waals surface area contributed by atoms with E-state index in [2.05, 4.69) is 10.0 Å². The van der Waals surface area contributed by atoms with E-state index in [1.165, 1.54) is 0 Å². The van der Waals surface area contributed by atoms with Crippen molar-refractivity contribution in [3.63, 3.8) is 0 Å². The number of hydrogen-bond donors (Lipinski definition) is 3. The Morgan fingerprint density at radius 2 is 1.62 bits per heavy atom. The molecule has 1 atom stereocenters. The Morgan fingerprint density at radius 3 is 2.31 bits per heavy atom. The molecule has 3 rings (SSSR count). The van der Waals surface area contributed by atoms with E-state index in [0.29, 0.717) is 29.4 Å². The van der Waals surface area contributed by atoms with Gasteiger partial charge in [-0.25, -0.2) is 13.1 Å². The molecule has 154 valence electrons. The molecule has 0 aliphatic heterocycles. The van der Waals surface area contributed by atoms with Gasteiger partial charge in [-0.2, -0.15) is 0 Å². The highest BCUT2D eigenvalue weighted by molar-refractivity contribution is 7.89. The Bertz CT molecular complexity index is 1090. The van der Waals surface area contributed by atoms with Gasteiger partial charge in [0.15, 0.2) is 0 Å². The second-order valence-corrected chi connectivity index (χ2v) is 8.18. The molecule has 0 fully saturated rings. The molecule has 1 amide bonds. The highest BCUT2D eigenvalue weighted by Gasteiger charge is 2.19. The fourth-order valence-corrected chi connectivity index (χ4v) is 4.34. The average molecular weight is 434 g/mol. The molecule has 0 heterocycles. The summed E-state index contributed by atoms with van der Waals surface area (Å²) in [6.07, 6.45) is 0.414. The summed E-state index contributed by atoms with van der Waals surface area (Å²) >= 11 is 0. The van der Waals surface area contributed by atoms with E-state index in [9.17, 15) is 13.2 Å². The van der Waals surface area contributed by atoms with Crippen LogP contribution in [-0.2, 0) is 21.2 Å². The van der Waals surface area contributed by atoms with Crippen molar-refractivity contribution in [2.75, 3.05) is 11.9 Å². The quantitative estimate of drug-likeness (QED) is 0.533. The van der Waals surface area contributed by atoms with Gasteiger partial charge >= 0.3 is 0 Å². The van der Waals surface area contributed by atoms with Crippen LogP contribution in [-0.4, -0.2) is 26.9 Å². The minimum atomic E-state index is -3.63. The normalized spacial score (nSPS) is 12.2. The van der Waals surface area contributed by atoms with Crippen molar-refractivity contribution >= 4 is 44.8 Å². The number of nitrogens with two attached hydrogens (primary N) is 1. The molecule has 0 spiro atoms. The Kier molecular flexibility index (Phi) is 7.75. The Hall–Kier alpha value is -2.45. The summed E-state index contributed by atoms with van der Waals surface area (Å²) in [6.45, 7) is 2.02. The molecule has 0 aliphatic carbocycles. The molecule has 8 heteroatoms. The molecule has 4 N–H and O–H groups in total. The van der Waals surface area contributed by atoms with E-state index in [-0.39, 0.29) is 23.2 Å². The molecule has 0 bridgehead atoms. The zero-order valence-electron chi connectivity index (χ0n) is 16.0. The zero-order valence-corrected chi connectivity index (χ0v) is 17.6. The average Bonchev–Trinajstić information content (AvgIpc) is 2.68. The summed E-state index contributed by atoms with van der Waals surface area (Å²) in [4.78, 5) is 12.8. The lowest BCUT2D eigenvalue weighted by molar-refractivity contribution is -0.117. The maximum Gasteiger partial charge on any atom is 0.241 e. The minimum Gasteiger partial charge on any atom is -0.324 e. The smallest absolute Gasteiger partial charge is 0.241 e. The summed E-state index contributed by atoms with van der Waals surface area (Å²) in [5.74, 6) is -0.323. The standard InChI is InChI=1S/C21H23N3O3S.ClH/c1-2-23-28(26,27)20-13-7-10-16-17(20)11-6-12-19(16)24-21(25)18(22)14-15-8-4-3-5-9-15;/h3-13,18,23H,2,14,22H2,1H3,(H,24,25);1H/t18-;/m0./s1. The summed E-state index contributed by atoms with van der Waals surface area (Å²) in [5, 5.41) is 4.02. The number of amides is 1. The monoisotopic (exact) mass is 433 g/mol. The molecule has 29 heavy (non-hydrogen) atoms. The summed E-state index contributed by atoms with van der Waals surface area (Å²) in [6, 6.07) is 19.0. The number of benzene rings is 3. The third-order valence-corrected chi connectivity index (χ3v) is 6.00. The van der Waals surface area contributed by atoms with Gasteiger partial charge in [0.25, 0.3) is 0 Å². The predicted molar refractivity (Wildman–Crippen MR) is 119 cm³/mol. The number of fused-ring (bicyclic) bond motifs is 1. The van der Waals surface area contributed by atoms with E-state index in [1.807, 2.05) is 30.3 Å². The summed E-state index contributed by atoms with van der Waals surface area (Å²) in [7, 11) is -3.63. The summed E-state index contributed by atoms with van der Waals surface area (Å²) < 4.78 is 27.4. The van der Waals surface area contributed by atoms with Gasteiger partial charge in [0.1, 0.15) is 0 Å². The van der Waals surface area contributed by atoms with Crippen LogP contribution in [0.15, 0.2) is 71.6 Å². The first kappa shape index (κ1) is 22.8. The van der Waals surface area contributed by atoms with E-state index >= 15 is 0 Å². The third-order valence-electron chi connectivity index (χ3n) is 4.40. The SMILES string of the molecule is CCNS(=O)(=O)c1cccc2c(NC(=O)[C@@H](N)Cc3ccccc3)cccc12.Cl.